The number of carbonyl (C=O) groups is 1. The van der Waals surface area contributed by atoms with Crippen LogP contribution in [0.5, 0.6) is 0 Å². The molecule has 1 fully saturated rings. The number of halogens is 1. The molecule has 0 radical (unpaired) electrons. The minimum atomic E-state index is -0.00975. The van der Waals surface area contributed by atoms with Crippen LogP contribution in [0.15, 0.2) is 0 Å². The Balaban J connectivity index is 2.04. The van der Waals surface area contributed by atoms with Crippen LogP contribution in [0.3, 0.4) is 0 Å². The van der Waals surface area contributed by atoms with E-state index in [0.29, 0.717) is 6.42 Å². The Morgan fingerprint density at radius 1 is 1.55 bits per heavy atom. The zero-order chi connectivity index (χ0) is 8.10. The molecule has 1 unspecified atom stereocenters. The molecule has 64 valence electrons. The van der Waals surface area contributed by atoms with Gasteiger partial charge in [-0.25, -0.2) is 0 Å². The van der Waals surface area contributed by atoms with Crippen molar-refractivity contribution in [2.75, 3.05) is 4.43 Å². The predicted molar refractivity (Wildman–Crippen MR) is 51.9 cm³/mol. The third kappa shape index (κ3) is 3.40. The van der Waals surface area contributed by atoms with Gasteiger partial charge >= 0.3 is 5.97 Å². The van der Waals surface area contributed by atoms with Gasteiger partial charge in [-0.05, 0) is 30.1 Å². The largest absolute Gasteiger partial charge is 0.462 e. The zero-order valence-electron chi connectivity index (χ0n) is 6.51. The van der Waals surface area contributed by atoms with Crippen molar-refractivity contribution >= 4 is 28.6 Å². The Morgan fingerprint density at radius 2 is 2.36 bits per heavy atom. The molecule has 2 nitrogen and oxygen atoms in total. The molecule has 0 saturated carbocycles. The lowest BCUT2D eigenvalue weighted by Gasteiger charge is -2.06. The molecule has 1 aliphatic heterocycles. The Morgan fingerprint density at radius 3 is 2.91 bits per heavy atom. The van der Waals surface area contributed by atoms with Gasteiger partial charge in [-0.15, -0.1) is 0 Å². The van der Waals surface area contributed by atoms with Gasteiger partial charge in [0.25, 0.3) is 0 Å². The molecule has 1 atom stereocenters. The summed E-state index contributed by atoms with van der Waals surface area (Å²) in [5, 5.41) is 0. The second-order valence-corrected chi connectivity index (χ2v) is 3.91. The van der Waals surface area contributed by atoms with E-state index in [4.69, 9.17) is 4.74 Å². The molecule has 0 spiro atoms. The van der Waals surface area contributed by atoms with Crippen molar-refractivity contribution in [1.82, 2.24) is 0 Å². The summed E-state index contributed by atoms with van der Waals surface area (Å²) in [6.07, 6.45) is 5.32. The van der Waals surface area contributed by atoms with Gasteiger partial charge in [0.1, 0.15) is 6.10 Å². The summed E-state index contributed by atoms with van der Waals surface area (Å²) in [7, 11) is 0. The molecular formula is C8H13IO2. The second-order valence-electron chi connectivity index (χ2n) is 2.84. The first kappa shape index (κ1) is 9.29. The van der Waals surface area contributed by atoms with Gasteiger partial charge in [-0.3, -0.25) is 4.79 Å². The van der Waals surface area contributed by atoms with Gasteiger partial charge in [0.15, 0.2) is 0 Å². The molecule has 0 aromatic rings. The molecule has 0 aromatic carbocycles. The quantitative estimate of drug-likeness (QED) is 0.338. The minimum absolute atomic E-state index is 0.00975. The van der Waals surface area contributed by atoms with Crippen LogP contribution < -0.4 is 0 Å². The van der Waals surface area contributed by atoms with Crippen molar-refractivity contribution in [2.45, 2.75) is 38.2 Å². The SMILES string of the molecule is O=C1CCC(CCCCI)O1. The number of unbranched alkanes of at least 4 members (excludes halogenated alkanes) is 1. The first-order chi connectivity index (χ1) is 5.33. The smallest absolute Gasteiger partial charge is 0.306 e. The summed E-state index contributed by atoms with van der Waals surface area (Å²) in [6, 6.07) is 0. The van der Waals surface area contributed by atoms with Crippen LogP contribution in [0.2, 0.25) is 0 Å². The molecule has 1 rings (SSSR count). The lowest BCUT2D eigenvalue weighted by atomic mass is 10.1. The van der Waals surface area contributed by atoms with Crippen LogP contribution in [-0.2, 0) is 9.53 Å². The van der Waals surface area contributed by atoms with Crippen LogP contribution in [0, 0.1) is 0 Å². The number of esters is 1. The number of hydrogen-bond donors (Lipinski definition) is 0. The highest BCUT2D eigenvalue weighted by atomic mass is 127. The highest BCUT2D eigenvalue weighted by Gasteiger charge is 2.22. The standard InChI is InChI=1S/C8H13IO2/c9-6-2-1-3-7-4-5-8(10)11-7/h7H,1-6H2. The molecule has 1 saturated heterocycles. The Bertz CT molecular complexity index is 136. The summed E-state index contributed by atoms with van der Waals surface area (Å²) in [4.78, 5) is 10.7. The Labute approximate surface area is 80.8 Å². The van der Waals surface area contributed by atoms with E-state index >= 15 is 0 Å². The Hall–Kier alpha value is 0.200. The lowest BCUT2D eigenvalue weighted by Crippen LogP contribution is -2.06. The van der Waals surface area contributed by atoms with Gasteiger partial charge < -0.3 is 4.74 Å². The lowest BCUT2D eigenvalue weighted by molar-refractivity contribution is -0.141. The topological polar surface area (TPSA) is 26.3 Å². The van der Waals surface area contributed by atoms with Crippen molar-refractivity contribution in [1.29, 1.82) is 0 Å². The first-order valence-corrected chi connectivity index (χ1v) is 5.61. The van der Waals surface area contributed by atoms with Crippen molar-refractivity contribution < 1.29 is 9.53 Å². The van der Waals surface area contributed by atoms with E-state index in [9.17, 15) is 4.79 Å². The summed E-state index contributed by atoms with van der Waals surface area (Å²) in [5.41, 5.74) is 0. The number of carbonyl (C=O) groups excluding carboxylic acids is 1. The third-order valence-corrected chi connectivity index (χ3v) is 2.64. The molecule has 0 N–H and O–H groups in total. The fourth-order valence-electron chi connectivity index (χ4n) is 1.25. The summed E-state index contributed by atoms with van der Waals surface area (Å²) < 4.78 is 6.27. The van der Waals surface area contributed by atoms with E-state index in [1.165, 1.54) is 17.3 Å². The average molecular weight is 268 g/mol. The van der Waals surface area contributed by atoms with Gasteiger partial charge in [0, 0.05) is 6.42 Å². The fraction of sp³-hybridized carbons (Fsp3) is 0.875. The van der Waals surface area contributed by atoms with E-state index in [0.717, 1.165) is 12.8 Å². The average Bonchev–Trinajstić information content (AvgIpc) is 2.37. The van der Waals surface area contributed by atoms with Gasteiger partial charge in [-0.1, -0.05) is 22.6 Å². The number of hydrogen-bond acceptors (Lipinski definition) is 2. The number of alkyl halides is 1. The van der Waals surface area contributed by atoms with E-state index in [2.05, 4.69) is 22.6 Å². The van der Waals surface area contributed by atoms with E-state index in [-0.39, 0.29) is 12.1 Å². The predicted octanol–water partition coefficient (Wildman–Crippen LogP) is 2.30. The van der Waals surface area contributed by atoms with Crippen LogP contribution >= 0.6 is 22.6 Å². The van der Waals surface area contributed by atoms with Crippen LogP contribution in [0.1, 0.15) is 32.1 Å². The van der Waals surface area contributed by atoms with Crippen molar-refractivity contribution in [3.8, 4) is 0 Å². The maximum atomic E-state index is 10.7. The fourth-order valence-corrected chi connectivity index (χ4v) is 1.79. The number of cyclic esters (lactones) is 1. The maximum Gasteiger partial charge on any atom is 0.306 e. The molecule has 0 aliphatic carbocycles. The third-order valence-electron chi connectivity index (χ3n) is 1.88. The Kier molecular flexibility index (Phi) is 4.18. The zero-order valence-corrected chi connectivity index (χ0v) is 8.67. The highest BCUT2D eigenvalue weighted by Crippen LogP contribution is 2.18. The molecule has 3 heteroatoms. The minimum Gasteiger partial charge on any atom is -0.462 e. The van der Waals surface area contributed by atoms with Crippen LogP contribution in [-0.4, -0.2) is 16.5 Å². The molecular weight excluding hydrogens is 255 g/mol. The number of rotatable bonds is 4. The first-order valence-electron chi connectivity index (χ1n) is 4.08. The van der Waals surface area contributed by atoms with E-state index < -0.39 is 0 Å². The summed E-state index contributed by atoms with van der Waals surface area (Å²) >= 11 is 2.37. The molecule has 11 heavy (non-hydrogen) atoms. The highest BCUT2D eigenvalue weighted by molar-refractivity contribution is 14.1. The van der Waals surface area contributed by atoms with Crippen LogP contribution in [0.25, 0.3) is 0 Å². The maximum absolute atomic E-state index is 10.7. The molecule has 0 aromatic heterocycles. The van der Waals surface area contributed by atoms with Gasteiger partial charge in [0.2, 0.25) is 0 Å². The second kappa shape index (κ2) is 4.95. The van der Waals surface area contributed by atoms with Crippen LogP contribution in [0.4, 0.5) is 0 Å². The van der Waals surface area contributed by atoms with Gasteiger partial charge in [-0.2, -0.15) is 0 Å². The van der Waals surface area contributed by atoms with Crippen molar-refractivity contribution in [2.24, 2.45) is 0 Å². The van der Waals surface area contributed by atoms with E-state index in [1.54, 1.807) is 0 Å². The van der Waals surface area contributed by atoms with E-state index in [1.807, 2.05) is 0 Å². The normalized spacial score (nSPS) is 23.7. The molecule has 0 amide bonds. The molecule has 0 bridgehead atoms. The van der Waals surface area contributed by atoms with Gasteiger partial charge in [0.05, 0.1) is 0 Å². The van der Waals surface area contributed by atoms with Crippen molar-refractivity contribution in [3.63, 3.8) is 0 Å². The molecule has 1 heterocycles. The molecule has 1 aliphatic rings. The number of ether oxygens (including phenoxy) is 1. The summed E-state index contributed by atoms with van der Waals surface area (Å²) in [5.74, 6) is -0.00975. The van der Waals surface area contributed by atoms with Crippen molar-refractivity contribution in [3.05, 3.63) is 0 Å². The summed E-state index contributed by atoms with van der Waals surface area (Å²) in [6.45, 7) is 0. The monoisotopic (exact) mass is 268 g/mol.